The summed E-state index contributed by atoms with van der Waals surface area (Å²) in [6, 6.07) is 0. The topological polar surface area (TPSA) is 37.3 Å². The van der Waals surface area contributed by atoms with Gasteiger partial charge >= 0.3 is 5.97 Å². The molecule has 0 aromatic rings. The summed E-state index contributed by atoms with van der Waals surface area (Å²) in [5, 5.41) is 8.52. The molecule has 2 heteroatoms. The molecule has 0 aliphatic carbocycles. The summed E-state index contributed by atoms with van der Waals surface area (Å²) >= 11 is 0. The Morgan fingerprint density at radius 1 is 0.531 bits per heavy atom. The van der Waals surface area contributed by atoms with Crippen LogP contribution in [0.25, 0.3) is 0 Å². The molecule has 0 aliphatic heterocycles. The molecule has 32 heavy (non-hydrogen) atoms. The highest BCUT2D eigenvalue weighted by Crippen LogP contribution is 2.04. The molecule has 0 aromatic carbocycles. The van der Waals surface area contributed by atoms with Crippen LogP contribution < -0.4 is 0 Å². The number of allylic oxidation sites excluding steroid dienone is 10. The van der Waals surface area contributed by atoms with E-state index in [9.17, 15) is 4.79 Å². The van der Waals surface area contributed by atoms with Crippen molar-refractivity contribution in [3.8, 4) is 0 Å². The van der Waals surface area contributed by atoms with Crippen LogP contribution in [0, 0.1) is 0 Å². The third-order valence-electron chi connectivity index (χ3n) is 3.42. The zero-order chi connectivity index (χ0) is 17.7. The minimum Gasteiger partial charge on any atom is -0.481 e. The van der Waals surface area contributed by atoms with Crippen molar-refractivity contribution >= 4 is 5.97 Å². The van der Waals surface area contributed by atoms with Crippen molar-refractivity contribution in [3.63, 3.8) is 0 Å². The Bertz CT molecular complexity index is 426. The Balaban J connectivity index is -0.0000000945. The van der Waals surface area contributed by atoms with Crippen LogP contribution in [-0.2, 0) is 4.79 Å². The number of carbonyl (C=O) groups is 1. The van der Waals surface area contributed by atoms with Gasteiger partial charge in [0.15, 0.2) is 0 Å². The molecule has 0 aliphatic rings. The number of aliphatic carboxylic acids is 1. The van der Waals surface area contributed by atoms with Crippen molar-refractivity contribution in [1.29, 1.82) is 0 Å². The van der Waals surface area contributed by atoms with E-state index in [-0.39, 0.29) is 59.4 Å². The van der Waals surface area contributed by atoms with Gasteiger partial charge in [0.05, 0.1) is 0 Å². The van der Waals surface area contributed by atoms with Crippen LogP contribution in [0.15, 0.2) is 60.8 Å². The Labute approximate surface area is 207 Å². The molecule has 0 saturated heterocycles. The van der Waals surface area contributed by atoms with E-state index in [2.05, 4.69) is 67.7 Å². The van der Waals surface area contributed by atoms with Crippen molar-refractivity contribution in [1.82, 2.24) is 0 Å². The molecule has 1 N–H and O–H groups in total. The lowest BCUT2D eigenvalue weighted by Gasteiger charge is -1.94. The highest BCUT2D eigenvalue weighted by atomic mass is 16.4. The van der Waals surface area contributed by atoms with E-state index < -0.39 is 5.97 Å². The van der Waals surface area contributed by atoms with Gasteiger partial charge in [-0.05, 0) is 51.4 Å². The Kier molecular flexibility index (Phi) is 92.5. The fourth-order valence-corrected chi connectivity index (χ4v) is 2.08. The van der Waals surface area contributed by atoms with Gasteiger partial charge in [0.1, 0.15) is 0 Å². The second-order valence-electron chi connectivity index (χ2n) is 5.70. The summed E-state index contributed by atoms with van der Waals surface area (Å²) in [5.74, 6) is -0.690. The lowest BCUT2D eigenvalue weighted by Crippen LogP contribution is -1.93. The Morgan fingerprint density at radius 2 is 0.875 bits per heavy atom. The Morgan fingerprint density at radius 3 is 1.22 bits per heavy atom. The number of carboxylic acid groups (broad SMARTS) is 1. The molecule has 0 bridgehead atoms. The number of hydrogen-bond acceptors (Lipinski definition) is 1. The van der Waals surface area contributed by atoms with Gasteiger partial charge < -0.3 is 5.11 Å². The third kappa shape index (κ3) is 56.6. The summed E-state index contributed by atoms with van der Waals surface area (Å²) in [7, 11) is 0. The monoisotopic (exact) mass is 459 g/mol. The van der Waals surface area contributed by atoms with E-state index in [4.69, 9.17) is 5.11 Å². The van der Waals surface area contributed by atoms with Gasteiger partial charge in [0, 0.05) is 6.42 Å². The van der Waals surface area contributed by atoms with Gasteiger partial charge in [-0.25, -0.2) is 0 Å². The summed E-state index contributed by atoms with van der Waals surface area (Å²) in [6.45, 7) is 2.15. The standard InChI is InChI=1S/C22H34O2.8CH4/c1-2-3-4-5-6-7-8-9-10-11-12-13-14-15-16-17-18-19-20-21-22(23)24;;;;;;;;/h3-4,6-7,9-10,12-13,15-16H,2,5,8,11,14,17-21H2,1H3,(H,23,24);8*1H4/b4-3-,7-6-,10-9-,13-12-,16-15-;;;;;;;;. The maximum absolute atomic E-state index is 10.3. The molecule has 0 radical (unpaired) electrons. The molecule has 0 heterocycles. The van der Waals surface area contributed by atoms with Crippen molar-refractivity contribution in [3.05, 3.63) is 60.8 Å². The van der Waals surface area contributed by atoms with Gasteiger partial charge in [-0.2, -0.15) is 0 Å². The van der Waals surface area contributed by atoms with Gasteiger partial charge in [-0.15, -0.1) is 0 Å². The normalized spacial score (nSPS) is 9.53. The van der Waals surface area contributed by atoms with Crippen molar-refractivity contribution in [2.45, 2.75) is 131 Å². The van der Waals surface area contributed by atoms with Crippen LogP contribution in [0.5, 0.6) is 0 Å². The van der Waals surface area contributed by atoms with Crippen LogP contribution in [0.3, 0.4) is 0 Å². The average Bonchev–Trinajstić information content (AvgIpc) is 2.56. The summed E-state index contributed by atoms with van der Waals surface area (Å²) < 4.78 is 0. The van der Waals surface area contributed by atoms with E-state index in [1.54, 1.807) is 0 Å². The van der Waals surface area contributed by atoms with E-state index in [1.165, 1.54) is 0 Å². The number of unbranched alkanes of at least 4 members (excludes halogenated alkanes) is 3. The first-order chi connectivity index (χ1) is 11.8. The van der Waals surface area contributed by atoms with Gasteiger partial charge in [0.2, 0.25) is 0 Å². The molecule has 198 valence electrons. The summed E-state index contributed by atoms with van der Waals surface area (Å²) in [4.78, 5) is 10.3. The quantitative estimate of drug-likeness (QED) is 0.195. The first kappa shape index (κ1) is 57.3. The Hall–Kier alpha value is -1.83. The average molecular weight is 459 g/mol. The number of rotatable bonds is 15. The third-order valence-corrected chi connectivity index (χ3v) is 3.42. The molecule has 0 aromatic heterocycles. The molecule has 0 saturated carbocycles. The zero-order valence-corrected chi connectivity index (χ0v) is 15.2. The highest BCUT2D eigenvalue weighted by Gasteiger charge is 1.94. The minimum atomic E-state index is -0.690. The first-order valence-corrected chi connectivity index (χ1v) is 9.24. The fraction of sp³-hybridized carbons (Fsp3) is 0.633. The van der Waals surface area contributed by atoms with E-state index in [1.807, 2.05) is 0 Å². The van der Waals surface area contributed by atoms with Gasteiger partial charge in [0.25, 0.3) is 0 Å². The van der Waals surface area contributed by atoms with Crippen LogP contribution >= 0.6 is 0 Å². The summed E-state index contributed by atoms with van der Waals surface area (Å²) in [5.41, 5.74) is 0. The summed E-state index contributed by atoms with van der Waals surface area (Å²) in [6.07, 6.45) is 31.3. The molecule has 0 fully saturated rings. The van der Waals surface area contributed by atoms with Crippen molar-refractivity contribution in [2.24, 2.45) is 0 Å². The maximum Gasteiger partial charge on any atom is 0.303 e. The molecular formula is C30H66O2. The van der Waals surface area contributed by atoms with Crippen LogP contribution in [0.4, 0.5) is 0 Å². The molecular weight excluding hydrogens is 392 g/mol. The van der Waals surface area contributed by atoms with Gasteiger partial charge in [-0.1, -0.05) is 134 Å². The molecule has 0 atom stereocenters. The maximum atomic E-state index is 10.3. The molecule has 0 rings (SSSR count). The van der Waals surface area contributed by atoms with Crippen molar-refractivity contribution < 1.29 is 9.90 Å². The highest BCUT2D eigenvalue weighted by molar-refractivity contribution is 5.66. The number of hydrogen-bond donors (Lipinski definition) is 1. The lowest BCUT2D eigenvalue weighted by atomic mass is 10.1. The SMILES string of the molecule is C.C.C.C.C.C.C.C.CC/C=C\C/C=C\C/C=C\C/C=C\C/C=C\CCCCCC(=O)O. The molecule has 2 nitrogen and oxygen atoms in total. The minimum absolute atomic E-state index is 0. The predicted molar refractivity (Wildman–Crippen MR) is 159 cm³/mol. The van der Waals surface area contributed by atoms with Crippen molar-refractivity contribution in [2.75, 3.05) is 0 Å². The van der Waals surface area contributed by atoms with Crippen LogP contribution in [-0.4, -0.2) is 11.1 Å². The number of carboxylic acids is 1. The first-order valence-electron chi connectivity index (χ1n) is 9.24. The second-order valence-corrected chi connectivity index (χ2v) is 5.70. The second kappa shape index (κ2) is 51.6. The lowest BCUT2D eigenvalue weighted by molar-refractivity contribution is -0.137. The fourth-order valence-electron chi connectivity index (χ4n) is 2.08. The van der Waals surface area contributed by atoms with E-state index >= 15 is 0 Å². The van der Waals surface area contributed by atoms with E-state index in [0.29, 0.717) is 6.42 Å². The molecule has 0 unspecified atom stereocenters. The molecule has 0 amide bonds. The zero-order valence-electron chi connectivity index (χ0n) is 15.2. The van der Waals surface area contributed by atoms with Crippen LogP contribution in [0.1, 0.15) is 131 Å². The van der Waals surface area contributed by atoms with E-state index in [0.717, 1.165) is 57.8 Å². The van der Waals surface area contributed by atoms with Crippen LogP contribution in [0.2, 0.25) is 0 Å². The van der Waals surface area contributed by atoms with Gasteiger partial charge in [-0.3, -0.25) is 4.79 Å². The largest absolute Gasteiger partial charge is 0.481 e. The molecule has 0 spiro atoms. The smallest absolute Gasteiger partial charge is 0.303 e. The predicted octanol–water partition coefficient (Wildman–Crippen LogP) is 11.9.